The Bertz CT molecular complexity index is 738. The number of aromatic nitrogens is 2. The van der Waals surface area contributed by atoms with Gasteiger partial charge in [-0.15, -0.1) is 0 Å². The fraction of sp³-hybridized carbons (Fsp3) is 0.188. The van der Waals surface area contributed by atoms with Crippen molar-refractivity contribution in [2.75, 3.05) is 7.11 Å². The molecule has 2 aromatic heterocycles. The van der Waals surface area contributed by atoms with Crippen molar-refractivity contribution in [3.05, 3.63) is 66.0 Å². The molecule has 1 unspecified atom stereocenters. The molecule has 1 atom stereocenters. The second kappa shape index (κ2) is 5.95. The van der Waals surface area contributed by atoms with Gasteiger partial charge in [0.25, 0.3) is 0 Å². The van der Waals surface area contributed by atoms with Crippen molar-refractivity contribution in [1.29, 1.82) is 0 Å². The third-order valence-electron chi connectivity index (χ3n) is 3.65. The molecule has 3 aromatic rings. The minimum absolute atomic E-state index is 0.0267. The van der Waals surface area contributed by atoms with Gasteiger partial charge in [0.15, 0.2) is 0 Å². The Balaban J connectivity index is 1.95. The first-order chi connectivity index (χ1) is 10.3. The summed E-state index contributed by atoms with van der Waals surface area (Å²) < 4.78 is 7.26. The lowest BCUT2D eigenvalue weighted by molar-refractivity contribution is 0.406. The van der Waals surface area contributed by atoms with Crippen molar-refractivity contribution in [3.8, 4) is 5.75 Å². The van der Waals surface area contributed by atoms with E-state index in [4.69, 9.17) is 10.6 Å². The van der Waals surface area contributed by atoms with Crippen molar-refractivity contribution in [1.82, 2.24) is 15.0 Å². The summed E-state index contributed by atoms with van der Waals surface area (Å²) in [7, 11) is 1.68. The molecule has 21 heavy (non-hydrogen) atoms. The van der Waals surface area contributed by atoms with Gasteiger partial charge in [-0.2, -0.15) is 5.10 Å². The highest BCUT2D eigenvalue weighted by Gasteiger charge is 2.17. The lowest BCUT2D eigenvalue weighted by atomic mass is 10.00. The van der Waals surface area contributed by atoms with Crippen LogP contribution in [-0.4, -0.2) is 16.7 Å². The molecular formula is C16H18N4O. The van der Waals surface area contributed by atoms with Crippen LogP contribution in [-0.2, 0) is 6.42 Å². The minimum Gasteiger partial charge on any atom is -0.496 e. The number of benzene rings is 1. The Morgan fingerprint density at radius 3 is 2.86 bits per heavy atom. The first kappa shape index (κ1) is 13.6. The average molecular weight is 282 g/mol. The summed E-state index contributed by atoms with van der Waals surface area (Å²) in [5, 5.41) is 4.36. The number of rotatable bonds is 5. The monoisotopic (exact) mass is 282 g/mol. The predicted molar refractivity (Wildman–Crippen MR) is 82.0 cm³/mol. The molecule has 5 heteroatoms. The summed E-state index contributed by atoms with van der Waals surface area (Å²) in [6, 6.07) is 13.9. The molecule has 0 aliphatic heterocycles. The van der Waals surface area contributed by atoms with Crippen LogP contribution in [0.25, 0.3) is 5.52 Å². The number of para-hydroxylation sites is 1. The van der Waals surface area contributed by atoms with E-state index in [0.717, 1.165) is 28.8 Å². The van der Waals surface area contributed by atoms with Crippen LogP contribution in [0.2, 0.25) is 0 Å². The van der Waals surface area contributed by atoms with Gasteiger partial charge in [-0.1, -0.05) is 24.3 Å². The maximum absolute atomic E-state index is 5.77. The van der Waals surface area contributed by atoms with E-state index in [9.17, 15) is 0 Å². The van der Waals surface area contributed by atoms with Crippen molar-refractivity contribution < 1.29 is 4.74 Å². The zero-order chi connectivity index (χ0) is 14.7. The number of hydrazine groups is 1. The fourth-order valence-electron chi connectivity index (χ4n) is 2.57. The number of hydrogen-bond donors (Lipinski definition) is 2. The third kappa shape index (κ3) is 2.61. The van der Waals surface area contributed by atoms with Crippen LogP contribution < -0.4 is 16.0 Å². The van der Waals surface area contributed by atoms with Gasteiger partial charge in [-0.3, -0.25) is 11.3 Å². The summed E-state index contributed by atoms with van der Waals surface area (Å²) in [6.07, 6.45) is 4.52. The Labute approximate surface area is 123 Å². The van der Waals surface area contributed by atoms with Crippen molar-refractivity contribution in [3.63, 3.8) is 0 Å². The van der Waals surface area contributed by atoms with Gasteiger partial charge >= 0.3 is 0 Å². The Morgan fingerprint density at radius 1 is 1.24 bits per heavy atom. The highest BCUT2D eigenvalue weighted by Crippen LogP contribution is 2.26. The first-order valence-corrected chi connectivity index (χ1v) is 6.83. The second-order valence-corrected chi connectivity index (χ2v) is 4.87. The van der Waals surface area contributed by atoms with E-state index < -0.39 is 0 Å². The first-order valence-electron chi connectivity index (χ1n) is 6.83. The van der Waals surface area contributed by atoms with Gasteiger partial charge < -0.3 is 4.74 Å². The topological polar surface area (TPSA) is 64.6 Å². The van der Waals surface area contributed by atoms with Crippen molar-refractivity contribution in [2.45, 2.75) is 12.5 Å². The summed E-state index contributed by atoms with van der Waals surface area (Å²) in [6.45, 7) is 0. The van der Waals surface area contributed by atoms with Crippen LogP contribution >= 0.6 is 0 Å². The molecule has 108 valence electrons. The Hall–Kier alpha value is -2.37. The number of ether oxygens (including phenoxy) is 1. The lowest BCUT2D eigenvalue weighted by Gasteiger charge is -2.17. The van der Waals surface area contributed by atoms with Crippen molar-refractivity contribution >= 4 is 5.52 Å². The van der Waals surface area contributed by atoms with Gasteiger partial charge in [0.2, 0.25) is 0 Å². The van der Waals surface area contributed by atoms with E-state index in [1.54, 1.807) is 7.11 Å². The molecule has 2 heterocycles. The van der Waals surface area contributed by atoms with Crippen LogP contribution in [0.15, 0.2) is 54.9 Å². The summed E-state index contributed by atoms with van der Waals surface area (Å²) in [4.78, 5) is 0. The highest BCUT2D eigenvalue weighted by atomic mass is 16.5. The maximum atomic E-state index is 5.77. The van der Waals surface area contributed by atoms with E-state index in [2.05, 4.69) is 16.6 Å². The molecule has 0 bridgehead atoms. The van der Waals surface area contributed by atoms with Crippen LogP contribution in [0.5, 0.6) is 5.75 Å². The van der Waals surface area contributed by atoms with E-state index in [1.165, 1.54) is 0 Å². The maximum Gasteiger partial charge on any atom is 0.122 e. The molecule has 0 saturated carbocycles. The van der Waals surface area contributed by atoms with E-state index in [-0.39, 0.29) is 6.04 Å². The second-order valence-electron chi connectivity index (χ2n) is 4.87. The van der Waals surface area contributed by atoms with Gasteiger partial charge in [0.1, 0.15) is 5.75 Å². The number of nitrogens with one attached hydrogen (secondary N) is 1. The van der Waals surface area contributed by atoms with Gasteiger partial charge in [0, 0.05) is 11.8 Å². The summed E-state index contributed by atoms with van der Waals surface area (Å²) in [5.74, 6) is 6.64. The SMILES string of the molecule is COc1ccccc1CC(NN)c1cnn2ccccc12. The van der Waals surface area contributed by atoms with Gasteiger partial charge in [-0.25, -0.2) is 4.52 Å². The molecule has 0 saturated heterocycles. The highest BCUT2D eigenvalue weighted by molar-refractivity contribution is 5.55. The van der Waals surface area contributed by atoms with E-state index in [1.807, 2.05) is 53.3 Å². The molecule has 0 fully saturated rings. The number of fused-ring (bicyclic) bond motifs is 1. The largest absolute Gasteiger partial charge is 0.496 e. The van der Waals surface area contributed by atoms with Crippen LogP contribution in [0.4, 0.5) is 0 Å². The third-order valence-corrected chi connectivity index (χ3v) is 3.65. The molecule has 0 spiro atoms. The number of nitrogens with two attached hydrogens (primary N) is 1. The molecule has 3 rings (SSSR count). The van der Waals surface area contributed by atoms with Crippen LogP contribution in [0, 0.1) is 0 Å². The molecule has 1 aromatic carbocycles. The van der Waals surface area contributed by atoms with E-state index in [0.29, 0.717) is 0 Å². The molecule has 5 nitrogen and oxygen atoms in total. The number of nitrogens with zero attached hydrogens (tertiary/aromatic N) is 2. The molecular weight excluding hydrogens is 264 g/mol. The quantitative estimate of drug-likeness (QED) is 0.555. The molecule has 0 radical (unpaired) electrons. The molecule has 0 aliphatic rings. The lowest BCUT2D eigenvalue weighted by Crippen LogP contribution is -2.29. The minimum atomic E-state index is -0.0267. The molecule has 0 amide bonds. The number of hydrogen-bond acceptors (Lipinski definition) is 4. The van der Waals surface area contributed by atoms with E-state index >= 15 is 0 Å². The fourth-order valence-corrected chi connectivity index (χ4v) is 2.57. The molecule has 0 aliphatic carbocycles. The average Bonchev–Trinajstić information content (AvgIpc) is 2.97. The van der Waals surface area contributed by atoms with Crippen molar-refractivity contribution in [2.24, 2.45) is 5.84 Å². The standard InChI is InChI=1S/C16H18N4O/c1-21-16-8-3-2-6-12(16)10-14(19-17)13-11-18-20-9-5-4-7-15(13)20/h2-9,11,14,19H,10,17H2,1H3. The smallest absolute Gasteiger partial charge is 0.122 e. The predicted octanol–water partition coefficient (Wildman–Crippen LogP) is 2.09. The van der Waals surface area contributed by atoms with Crippen LogP contribution in [0.3, 0.4) is 0 Å². The Morgan fingerprint density at radius 2 is 2.05 bits per heavy atom. The zero-order valence-corrected chi connectivity index (χ0v) is 11.9. The van der Waals surface area contributed by atoms with Gasteiger partial charge in [-0.05, 0) is 30.2 Å². The number of methoxy groups -OCH3 is 1. The normalized spacial score (nSPS) is 12.5. The molecule has 3 N–H and O–H groups in total. The van der Waals surface area contributed by atoms with Crippen LogP contribution in [0.1, 0.15) is 17.2 Å². The zero-order valence-electron chi connectivity index (χ0n) is 11.9. The Kier molecular flexibility index (Phi) is 3.85. The number of pyridine rings is 1. The summed E-state index contributed by atoms with van der Waals surface area (Å²) >= 11 is 0. The summed E-state index contributed by atoms with van der Waals surface area (Å²) in [5.41, 5.74) is 6.12. The van der Waals surface area contributed by atoms with Gasteiger partial charge in [0.05, 0.1) is 24.9 Å².